The summed E-state index contributed by atoms with van der Waals surface area (Å²) in [6, 6.07) is 8.26. The summed E-state index contributed by atoms with van der Waals surface area (Å²) in [6.45, 7) is 3.03. The van der Waals surface area contributed by atoms with E-state index >= 15 is 0 Å². The highest BCUT2D eigenvalue weighted by Crippen LogP contribution is 2.38. The van der Waals surface area contributed by atoms with Crippen molar-refractivity contribution in [3.63, 3.8) is 0 Å². The first kappa shape index (κ1) is 14.5. The summed E-state index contributed by atoms with van der Waals surface area (Å²) in [6.07, 6.45) is 2.18. The van der Waals surface area contributed by atoms with Crippen LogP contribution in [0.4, 0.5) is 17.3 Å². The maximum Gasteiger partial charge on any atom is 0.154 e. The van der Waals surface area contributed by atoms with Crippen LogP contribution in [0.15, 0.2) is 24.3 Å². The fourth-order valence-electron chi connectivity index (χ4n) is 2.77. The number of fused-ring (bicyclic) bond motifs is 1. The second-order valence-corrected chi connectivity index (χ2v) is 6.08. The zero-order valence-electron chi connectivity index (χ0n) is 12.1. The molecule has 1 aromatic heterocycles. The molecule has 2 heterocycles. The molecule has 0 saturated heterocycles. The highest BCUT2D eigenvalue weighted by molar-refractivity contribution is 6.37. The Morgan fingerprint density at radius 2 is 2.00 bits per heavy atom. The molecule has 1 aromatic carbocycles. The molecule has 0 spiro atoms. The second-order valence-electron chi connectivity index (χ2n) is 5.26. The predicted octanol–water partition coefficient (Wildman–Crippen LogP) is 4.82. The van der Waals surface area contributed by atoms with Gasteiger partial charge in [0.15, 0.2) is 5.82 Å². The summed E-state index contributed by atoms with van der Waals surface area (Å²) in [4.78, 5) is 6.76. The zero-order valence-corrected chi connectivity index (χ0v) is 13.6. The van der Waals surface area contributed by atoms with Gasteiger partial charge in [0.05, 0.1) is 10.0 Å². The normalized spacial score (nSPS) is 14.0. The molecular weight excluding hydrogens is 305 g/mol. The first-order chi connectivity index (χ1) is 10.1. The molecule has 1 aliphatic heterocycles. The zero-order chi connectivity index (χ0) is 15.0. The van der Waals surface area contributed by atoms with Crippen LogP contribution in [0.3, 0.4) is 0 Å². The minimum absolute atomic E-state index is 0.535. The van der Waals surface area contributed by atoms with E-state index in [9.17, 15) is 0 Å². The van der Waals surface area contributed by atoms with Gasteiger partial charge in [-0.25, -0.2) is 4.98 Å². The lowest BCUT2D eigenvalue weighted by atomic mass is 9.99. The van der Waals surface area contributed by atoms with Gasteiger partial charge in [-0.15, -0.1) is 0 Å². The average molecular weight is 322 g/mol. The molecule has 0 atom stereocenters. The van der Waals surface area contributed by atoms with Crippen LogP contribution in [0, 0.1) is 6.92 Å². The molecule has 0 fully saturated rings. The van der Waals surface area contributed by atoms with Crippen LogP contribution >= 0.6 is 23.2 Å². The molecule has 0 saturated carbocycles. The Hall–Kier alpha value is -1.45. The lowest BCUT2D eigenvalue weighted by molar-refractivity contribution is 0.759. The van der Waals surface area contributed by atoms with E-state index in [-0.39, 0.29) is 0 Å². The van der Waals surface area contributed by atoms with Crippen LogP contribution in [0.2, 0.25) is 10.0 Å². The maximum absolute atomic E-state index is 6.37. The minimum atomic E-state index is 0.535. The van der Waals surface area contributed by atoms with Crippen LogP contribution in [0.1, 0.15) is 17.5 Å². The fourth-order valence-corrected chi connectivity index (χ4v) is 3.32. The number of benzene rings is 1. The largest absolute Gasteiger partial charge is 0.372 e. The van der Waals surface area contributed by atoms with Gasteiger partial charge in [0.25, 0.3) is 0 Å². The number of pyridine rings is 1. The van der Waals surface area contributed by atoms with Crippen molar-refractivity contribution in [2.45, 2.75) is 19.8 Å². The summed E-state index contributed by atoms with van der Waals surface area (Å²) in [5.74, 6) is 1.41. The van der Waals surface area contributed by atoms with Gasteiger partial charge in [0.1, 0.15) is 5.82 Å². The number of aromatic nitrogens is 1. The van der Waals surface area contributed by atoms with Crippen molar-refractivity contribution < 1.29 is 0 Å². The van der Waals surface area contributed by atoms with Gasteiger partial charge in [-0.05, 0) is 37.5 Å². The van der Waals surface area contributed by atoms with Crippen molar-refractivity contribution in [2.24, 2.45) is 0 Å². The number of aryl methyl sites for hydroxylation is 2. The molecular formula is C16H17Cl2N3. The Kier molecular flexibility index (Phi) is 3.96. The highest BCUT2D eigenvalue weighted by atomic mass is 35.5. The first-order valence-corrected chi connectivity index (χ1v) is 7.76. The summed E-state index contributed by atoms with van der Waals surface area (Å²) in [7, 11) is 1.80. The molecule has 3 nitrogen and oxygen atoms in total. The van der Waals surface area contributed by atoms with Gasteiger partial charge in [-0.1, -0.05) is 40.9 Å². The Balaban J connectivity index is 2.10. The van der Waals surface area contributed by atoms with Gasteiger partial charge in [0.2, 0.25) is 0 Å². The SMILES string of the molecule is CNc1nc(N2CCCc3cc(C)ccc32)c(Cl)cc1Cl. The molecule has 0 amide bonds. The summed E-state index contributed by atoms with van der Waals surface area (Å²) < 4.78 is 0. The van der Waals surface area contributed by atoms with E-state index in [1.807, 2.05) is 0 Å². The van der Waals surface area contributed by atoms with E-state index in [0.29, 0.717) is 15.9 Å². The van der Waals surface area contributed by atoms with Crippen molar-refractivity contribution in [3.05, 3.63) is 45.4 Å². The number of hydrogen-bond donors (Lipinski definition) is 1. The Labute approximate surface area is 134 Å². The third-order valence-electron chi connectivity index (χ3n) is 3.76. The van der Waals surface area contributed by atoms with Gasteiger partial charge >= 0.3 is 0 Å². The standard InChI is InChI=1S/C16H17Cl2N3/c1-10-5-6-14-11(8-10)4-3-7-21(14)16-13(18)9-12(17)15(19-2)20-16/h5-6,8-9H,3-4,7H2,1-2H3,(H,19,20). The fraction of sp³-hybridized carbons (Fsp3) is 0.312. The number of rotatable bonds is 2. The summed E-state index contributed by atoms with van der Waals surface area (Å²) >= 11 is 12.5. The molecule has 0 aliphatic carbocycles. The van der Waals surface area contributed by atoms with Crippen LogP contribution in [0.25, 0.3) is 0 Å². The van der Waals surface area contributed by atoms with Crippen molar-refractivity contribution in [2.75, 3.05) is 23.8 Å². The van der Waals surface area contributed by atoms with Crippen LogP contribution in [0.5, 0.6) is 0 Å². The lowest BCUT2D eigenvalue weighted by Crippen LogP contribution is -2.26. The van der Waals surface area contributed by atoms with Crippen LogP contribution in [-0.2, 0) is 6.42 Å². The van der Waals surface area contributed by atoms with E-state index in [2.05, 4.69) is 40.3 Å². The Morgan fingerprint density at radius 3 is 2.76 bits per heavy atom. The van der Waals surface area contributed by atoms with E-state index in [0.717, 1.165) is 25.2 Å². The molecule has 1 aliphatic rings. The topological polar surface area (TPSA) is 28.2 Å². The number of halogens is 2. The summed E-state index contributed by atoms with van der Waals surface area (Å²) in [5.41, 5.74) is 3.81. The van der Waals surface area contributed by atoms with Crippen molar-refractivity contribution in [1.82, 2.24) is 4.98 Å². The number of anilines is 3. The molecule has 1 N–H and O–H groups in total. The average Bonchev–Trinajstić information content (AvgIpc) is 2.46. The molecule has 0 radical (unpaired) electrons. The Morgan fingerprint density at radius 1 is 1.19 bits per heavy atom. The third kappa shape index (κ3) is 2.68. The molecule has 5 heteroatoms. The predicted molar refractivity (Wildman–Crippen MR) is 90.3 cm³/mol. The van der Waals surface area contributed by atoms with Gasteiger partial charge in [0, 0.05) is 19.3 Å². The van der Waals surface area contributed by atoms with Crippen LogP contribution in [-0.4, -0.2) is 18.6 Å². The second kappa shape index (κ2) is 5.74. The van der Waals surface area contributed by atoms with Gasteiger partial charge < -0.3 is 10.2 Å². The number of nitrogens with one attached hydrogen (secondary N) is 1. The third-order valence-corrected chi connectivity index (χ3v) is 4.32. The van der Waals surface area contributed by atoms with Crippen LogP contribution < -0.4 is 10.2 Å². The first-order valence-electron chi connectivity index (χ1n) is 7.01. The molecule has 0 bridgehead atoms. The number of nitrogens with zero attached hydrogens (tertiary/aromatic N) is 2. The monoisotopic (exact) mass is 321 g/mol. The van der Waals surface area contributed by atoms with Gasteiger partial charge in [-0.2, -0.15) is 0 Å². The molecule has 21 heavy (non-hydrogen) atoms. The van der Waals surface area contributed by atoms with Crippen molar-refractivity contribution in [3.8, 4) is 0 Å². The maximum atomic E-state index is 6.37. The molecule has 3 rings (SSSR count). The molecule has 0 unspecified atom stereocenters. The van der Waals surface area contributed by atoms with E-state index in [1.54, 1.807) is 13.1 Å². The smallest absolute Gasteiger partial charge is 0.154 e. The lowest BCUT2D eigenvalue weighted by Gasteiger charge is -2.31. The quantitative estimate of drug-likeness (QED) is 0.859. The van der Waals surface area contributed by atoms with E-state index < -0.39 is 0 Å². The molecule has 110 valence electrons. The molecule has 2 aromatic rings. The minimum Gasteiger partial charge on any atom is -0.372 e. The van der Waals surface area contributed by atoms with Crippen molar-refractivity contribution >= 4 is 40.5 Å². The summed E-state index contributed by atoms with van der Waals surface area (Å²) in [5, 5.41) is 4.12. The van der Waals surface area contributed by atoms with E-state index in [1.165, 1.54) is 16.8 Å². The van der Waals surface area contributed by atoms with Gasteiger partial charge in [-0.3, -0.25) is 0 Å². The number of hydrogen-bond acceptors (Lipinski definition) is 3. The highest BCUT2D eigenvalue weighted by Gasteiger charge is 2.22. The van der Waals surface area contributed by atoms with E-state index in [4.69, 9.17) is 23.2 Å². The Bertz CT molecular complexity index is 685. The van der Waals surface area contributed by atoms with Crippen molar-refractivity contribution in [1.29, 1.82) is 0 Å².